The van der Waals surface area contributed by atoms with Crippen LogP contribution >= 0.6 is 35.6 Å². The monoisotopic (exact) mass is 433 g/mol. The second kappa shape index (κ2) is 10.4. The van der Waals surface area contributed by atoms with Crippen molar-refractivity contribution in [2.24, 2.45) is 4.99 Å². The number of aliphatic imine (C=N–C) groups is 1. The van der Waals surface area contributed by atoms with Crippen LogP contribution in [0, 0.1) is 0 Å². The largest absolute Gasteiger partial charge is 0.357 e. The predicted molar refractivity (Wildman–Crippen MR) is 102 cm³/mol. The number of imidazole rings is 1. The lowest BCUT2D eigenvalue weighted by molar-refractivity contribution is 0.662. The van der Waals surface area contributed by atoms with Crippen molar-refractivity contribution in [3.63, 3.8) is 0 Å². The highest BCUT2D eigenvalue weighted by atomic mass is 127. The van der Waals surface area contributed by atoms with Crippen LogP contribution in [0.3, 0.4) is 0 Å². The number of nitrogens with zero attached hydrogens (tertiary/aromatic N) is 3. The molecule has 1 aromatic heterocycles. The normalized spacial score (nSPS) is 10.9. The molecular formula is C15H21ClIN5. The fourth-order valence-electron chi connectivity index (χ4n) is 1.82. The number of aromatic nitrogens is 2. The van der Waals surface area contributed by atoms with E-state index in [1.807, 2.05) is 35.0 Å². The molecule has 120 valence electrons. The molecule has 0 radical (unpaired) electrons. The minimum absolute atomic E-state index is 0. The van der Waals surface area contributed by atoms with E-state index in [9.17, 15) is 0 Å². The molecule has 0 bridgehead atoms. The Morgan fingerprint density at radius 1 is 1.27 bits per heavy atom. The predicted octanol–water partition coefficient (Wildman–Crippen LogP) is 2.91. The highest BCUT2D eigenvalue weighted by molar-refractivity contribution is 14.0. The van der Waals surface area contributed by atoms with E-state index >= 15 is 0 Å². The van der Waals surface area contributed by atoms with Crippen LogP contribution in [0.15, 0.2) is 48.0 Å². The molecule has 0 aliphatic heterocycles. The van der Waals surface area contributed by atoms with Gasteiger partial charge in [-0.1, -0.05) is 23.7 Å². The minimum atomic E-state index is 0. The van der Waals surface area contributed by atoms with Crippen molar-refractivity contribution in [2.45, 2.75) is 20.0 Å². The summed E-state index contributed by atoms with van der Waals surface area (Å²) < 4.78 is 2.02. The average Bonchev–Trinajstić information content (AvgIpc) is 3.00. The van der Waals surface area contributed by atoms with Crippen LogP contribution in [-0.4, -0.2) is 28.6 Å². The molecule has 22 heavy (non-hydrogen) atoms. The molecule has 0 saturated heterocycles. The Hall–Kier alpha value is -1.28. The lowest BCUT2D eigenvalue weighted by Gasteiger charge is -2.11. The quantitative estimate of drug-likeness (QED) is 0.418. The van der Waals surface area contributed by atoms with Crippen LogP contribution in [0.4, 0.5) is 0 Å². The molecule has 0 aliphatic rings. The van der Waals surface area contributed by atoms with Gasteiger partial charge in [-0.15, -0.1) is 24.0 Å². The third-order valence-electron chi connectivity index (χ3n) is 2.90. The number of nitrogens with one attached hydrogen (secondary N) is 2. The van der Waals surface area contributed by atoms with E-state index in [2.05, 4.69) is 27.5 Å². The number of hydrogen-bond acceptors (Lipinski definition) is 2. The molecule has 0 unspecified atom stereocenters. The molecule has 0 fully saturated rings. The maximum Gasteiger partial charge on any atom is 0.191 e. The highest BCUT2D eigenvalue weighted by Crippen LogP contribution is 2.09. The Labute approximate surface area is 153 Å². The standard InChI is InChI=1S/C15H20ClN5.HI/c1-2-18-15(19-8-10-21-9-7-17-12-21)20-11-13-3-5-14(16)6-4-13;/h3-7,9,12H,2,8,10-11H2,1H3,(H2,18,19,20);1H. The molecule has 7 heteroatoms. The van der Waals surface area contributed by atoms with Crippen LogP contribution in [-0.2, 0) is 13.1 Å². The van der Waals surface area contributed by atoms with E-state index < -0.39 is 0 Å². The third-order valence-corrected chi connectivity index (χ3v) is 3.15. The fourth-order valence-corrected chi connectivity index (χ4v) is 1.95. The van der Waals surface area contributed by atoms with Crippen molar-refractivity contribution < 1.29 is 0 Å². The Morgan fingerprint density at radius 2 is 2.05 bits per heavy atom. The van der Waals surface area contributed by atoms with Gasteiger partial charge in [-0.2, -0.15) is 0 Å². The summed E-state index contributed by atoms with van der Waals surface area (Å²) in [7, 11) is 0. The number of rotatable bonds is 6. The van der Waals surface area contributed by atoms with Crippen molar-refractivity contribution in [1.82, 2.24) is 20.2 Å². The maximum absolute atomic E-state index is 5.87. The Balaban J connectivity index is 0.00000242. The summed E-state index contributed by atoms with van der Waals surface area (Å²) in [5.41, 5.74) is 1.13. The van der Waals surface area contributed by atoms with Crippen LogP contribution in [0.25, 0.3) is 0 Å². The van der Waals surface area contributed by atoms with Gasteiger partial charge >= 0.3 is 0 Å². The first-order valence-corrected chi connectivity index (χ1v) is 7.38. The topological polar surface area (TPSA) is 54.2 Å². The lowest BCUT2D eigenvalue weighted by Crippen LogP contribution is -2.38. The summed E-state index contributed by atoms with van der Waals surface area (Å²) in [6, 6.07) is 7.74. The fraction of sp³-hybridized carbons (Fsp3) is 0.333. The highest BCUT2D eigenvalue weighted by Gasteiger charge is 1.98. The zero-order chi connectivity index (χ0) is 14.9. The second-order valence-electron chi connectivity index (χ2n) is 4.55. The van der Waals surface area contributed by atoms with Crippen molar-refractivity contribution in [3.05, 3.63) is 53.6 Å². The Kier molecular flexibility index (Phi) is 8.91. The van der Waals surface area contributed by atoms with Crippen molar-refractivity contribution in [3.8, 4) is 0 Å². The Bertz CT molecular complexity index is 554. The molecule has 0 saturated carbocycles. The van der Waals surface area contributed by atoms with Gasteiger partial charge in [0.05, 0.1) is 12.9 Å². The van der Waals surface area contributed by atoms with Gasteiger partial charge in [0.2, 0.25) is 0 Å². The first kappa shape index (κ1) is 18.8. The van der Waals surface area contributed by atoms with E-state index in [1.54, 1.807) is 12.5 Å². The van der Waals surface area contributed by atoms with Crippen LogP contribution in [0.2, 0.25) is 5.02 Å². The van der Waals surface area contributed by atoms with Gasteiger partial charge in [-0.05, 0) is 24.6 Å². The first-order valence-electron chi connectivity index (χ1n) is 7.00. The summed E-state index contributed by atoms with van der Waals surface area (Å²) >= 11 is 5.87. The van der Waals surface area contributed by atoms with Crippen molar-refractivity contribution in [1.29, 1.82) is 0 Å². The molecular weight excluding hydrogens is 413 g/mol. The average molecular weight is 434 g/mol. The molecule has 2 aromatic rings. The van der Waals surface area contributed by atoms with E-state index in [-0.39, 0.29) is 24.0 Å². The third kappa shape index (κ3) is 6.65. The van der Waals surface area contributed by atoms with Crippen LogP contribution in [0.5, 0.6) is 0 Å². The zero-order valence-electron chi connectivity index (χ0n) is 12.5. The van der Waals surface area contributed by atoms with Gasteiger partial charge in [0.25, 0.3) is 0 Å². The van der Waals surface area contributed by atoms with Gasteiger partial charge in [0.15, 0.2) is 5.96 Å². The smallest absolute Gasteiger partial charge is 0.191 e. The number of halogens is 2. The van der Waals surface area contributed by atoms with Crippen LogP contribution in [0.1, 0.15) is 12.5 Å². The molecule has 5 nitrogen and oxygen atoms in total. The van der Waals surface area contributed by atoms with Gasteiger partial charge in [0.1, 0.15) is 0 Å². The second-order valence-corrected chi connectivity index (χ2v) is 4.99. The maximum atomic E-state index is 5.87. The minimum Gasteiger partial charge on any atom is -0.357 e. The van der Waals surface area contributed by atoms with Gasteiger partial charge in [0, 0.05) is 37.1 Å². The molecule has 1 heterocycles. The summed E-state index contributed by atoms with van der Waals surface area (Å²) in [4.78, 5) is 8.58. The molecule has 2 rings (SSSR count). The van der Waals surface area contributed by atoms with Gasteiger partial charge in [-0.25, -0.2) is 9.98 Å². The van der Waals surface area contributed by atoms with E-state index in [0.717, 1.165) is 36.2 Å². The molecule has 0 amide bonds. The molecule has 0 spiro atoms. The zero-order valence-corrected chi connectivity index (χ0v) is 15.6. The van der Waals surface area contributed by atoms with Gasteiger partial charge in [-0.3, -0.25) is 0 Å². The first-order chi connectivity index (χ1) is 10.3. The molecule has 2 N–H and O–H groups in total. The number of guanidine groups is 1. The number of hydrogen-bond donors (Lipinski definition) is 2. The SMILES string of the molecule is CCNC(=NCc1ccc(Cl)cc1)NCCn1ccnc1.I. The van der Waals surface area contributed by atoms with Crippen molar-refractivity contribution in [2.75, 3.05) is 13.1 Å². The van der Waals surface area contributed by atoms with E-state index in [0.29, 0.717) is 6.54 Å². The summed E-state index contributed by atoms with van der Waals surface area (Å²) in [6.07, 6.45) is 5.53. The number of benzene rings is 1. The summed E-state index contributed by atoms with van der Waals surface area (Å²) in [6.45, 7) is 5.15. The summed E-state index contributed by atoms with van der Waals surface area (Å²) in [5.74, 6) is 0.813. The van der Waals surface area contributed by atoms with Crippen LogP contribution < -0.4 is 10.6 Å². The van der Waals surface area contributed by atoms with Gasteiger partial charge < -0.3 is 15.2 Å². The van der Waals surface area contributed by atoms with E-state index in [4.69, 9.17) is 11.6 Å². The lowest BCUT2D eigenvalue weighted by atomic mass is 10.2. The molecule has 0 aliphatic carbocycles. The summed E-state index contributed by atoms with van der Waals surface area (Å²) in [5, 5.41) is 7.28. The Morgan fingerprint density at radius 3 is 2.68 bits per heavy atom. The molecule has 0 atom stereocenters. The van der Waals surface area contributed by atoms with E-state index in [1.165, 1.54) is 0 Å². The molecule has 1 aromatic carbocycles. The van der Waals surface area contributed by atoms with Crippen molar-refractivity contribution >= 4 is 41.5 Å².